The van der Waals surface area contributed by atoms with E-state index in [-0.39, 0.29) is 5.95 Å². The van der Waals surface area contributed by atoms with Crippen molar-refractivity contribution in [2.45, 2.75) is 51.4 Å². The summed E-state index contributed by atoms with van der Waals surface area (Å²) in [5, 5.41) is 3.99. The number of aryl methyl sites for hydroxylation is 1. The van der Waals surface area contributed by atoms with E-state index in [0.29, 0.717) is 11.7 Å². The van der Waals surface area contributed by atoms with E-state index < -0.39 is 11.9 Å². The lowest BCUT2D eigenvalue weighted by atomic mass is 10.1. The summed E-state index contributed by atoms with van der Waals surface area (Å²) in [6.45, 7) is 2.80. The standard InChI is InChI=1S/C24H26F3N5S/c1-14-9-17(11-18(10-14)30-23-28-8-7-20(31-23)24(25,26)27)19-12-29-21(33-19)13-32(2)22(15-3-4-15)16-5-6-16/h7-12,15-16,22H,3-6,13H2,1-2H3,(H,28,30,31). The fourth-order valence-electron chi connectivity index (χ4n) is 4.52. The summed E-state index contributed by atoms with van der Waals surface area (Å²) in [7, 11) is 2.21. The molecule has 2 fully saturated rings. The highest BCUT2D eigenvalue weighted by atomic mass is 32.1. The van der Waals surface area contributed by atoms with Crippen molar-refractivity contribution in [2.24, 2.45) is 11.8 Å². The fourth-order valence-corrected chi connectivity index (χ4v) is 5.49. The van der Waals surface area contributed by atoms with E-state index in [9.17, 15) is 13.2 Å². The second kappa shape index (κ2) is 8.68. The van der Waals surface area contributed by atoms with Crippen molar-refractivity contribution < 1.29 is 13.2 Å². The quantitative estimate of drug-likeness (QED) is 0.417. The SMILES string of the molecule is Cc1cc(Nc2nccc(C(F)(F)F)n2)cc(-c2cnc(CN(C)C(C3CC3)C3CC3)s2)c1. The number of alkyl halides is 3. The monoisotopic (exact) mass is 473 g/mol. The third-order valence-electron chi connectivity index (χ3n) is 6.22. The molecule has 1 N–H and O–H groups in total. The Morgan fingerprint density at radius 1 is 1.12 bits per heavy atom. The van der Waals surface area contributed by atoms with Crippen molar-refractivity contribution in [2.75, 3.05) is 12.4 Å². The van der Waals surface area contributed by atoms with E-state index >= 15 is 0 Å². The predicted molar refractivity (Wildman–Crippen MR) is 123 cm³/mol. The average molecular weight is 474 g/mol. The summed E-state index contributed by atoms with van der Waals surface area (Å²) in [4.78, 5) is 15.7. The Bertz CT molecular complexity index is 1130. The van der Waals surface area contributed by atoms with E-state index in [1.807, 2.05) is 25.3 Å². The first-order valence-corrected chi connectivity index (χ1v) is 12.0. The van der Waals surface area contributed by atoms with Crippen molar-refractivity contribution in [3.05, 3.63) is 52.9 Å². The highest BCUT2D eigenvalue weighted by Gasteiger charge is 2.43. The van der Waals surface area contributed by atoms with Crippen molar-refractivity contribution in [1.82, 2.24) is 19.9 Å². The molecule has 9 heteroatoms. The highest BCUT2D eigenvalue weighted by molar-refractivity contribution is 7.15. The molecule has 0 unspecified atom stereocenters. The molecule has 33 heavy (non-hydrogen) atoms. The number of anilines is 2. The van der Waals surface area contributed by atoms with Gasteiger partial charge in [-0.25, -0.2) is 15.0 Å². The minimum absolute atomic E-state index is 0.0841. The number of halogens is 3. The van der Waals surface area contributed by atoms with Gasteiger partial charge in [-0.3, -0.25) is 4.90 Å². The first-order valence-electron chi connectivity index (χ1n) is 11.2. The van der Waals surface area contributed by atoms with E-state index in [2.05, 4.69) is 38.3 Å². The molecule has 0 bridgehead atoms. The predicted octanol–water partition coefficient (Wildman–Crippen LogP) is 6.29. The molecule has 174 valence electrons. The van der Waals surface area contributed by atoms with Crippen LogP contribution in [-0.4, -0.2) is 32.9 Å². The molecule has 3 aromatic rings. The molecule has 2 aliphatic carbocycles. The molecular formula is C24H26F3N5S. The van der Waals surface area contributed by atoms with Gasteiger partial charge in [-0.15, -0.1) is 11.3 Å². The van der Waals surface area contributed by atoms with Crippen LogP contribution in [0.25, 0.3) is 10.4 Å². The number of hydrogen-bond acceptors (Lipinski definition) is 6. The van der Waals surface area contributed by atoms with Crippen LogP contribution in [-0.2, 0) is 12.7 Å². The second-order valence-electron chi connectivity index (χ2n) is 9.17. The summed E-state index contributed by atoms with van der Waals surface area (Å²) in [6.07, 6.45) is 3.88. The maximum absolute atomic E-state index is 13.0. The van der Waals surface area contributed by atoms with E-state index in [4.69, 9.17) is 0 Å². The molecule has 0 atom stereocenters. The van der Waals surface area contributed by atoms with Crippen LogP contribution in [0, 0.1) is 18.8 Å². The molecule has 2 aromatic heterocycles. The van der Waals surface area contributed by atoms with Crippen LogP contribution in [0.15, 0.2) is 36.7 Å². The number of hydrogen-bond donors (Lipinski definition) is 1. The molecule has 2 heterocycles. The van der Waals surface area contributed by atoms with Gasteiger partial charge >= 0.3 is 6.18 Å². The molecule has 0 radical (unpaired) electrons. The van der Waals surface area contributed by atoms with Gasteiger partial charge in [0.05, 0.1) is 11.4 Å². The summed E-state index contributed by atoms with van der Waals surface area (Å²) in [5.41, 5.74) is 1.62. The lowest BCUT2D eigenvalue weighted by Crippen LogP contribution is -2.34. The lowest BCUT2D eigenvalue weighted by molar-refractivity contribution is -0.141. The van der Waals surface area contributed by atoms with Crippen molar-refractivity contribution in [1.29, 1.82) is 0 Å². The Morgan fingerprint density at radius 2 is 1.85 bits per heavy atom. The Balaban J connectivity index is 1.32. The largest absolute Gasteiger partial charge is 0.433 e. The Kier molecular flexibility index (Phi) is 5.86. The number of nitrogens with zero attached hydrogens (tertiary/aromatic N) is 4. The van der Waals surface area contributed by atoms with Gasteiger partial charge in [0.1, 0.15) is 10.7 Å². The molecule has 0 aliphatic heterocycles. The summed E-state index contributed by atoms with van der Waals surface area (Å²) >= 11 is 1.66. The molecule has 2 saturated carbocycles. The Labute approximate surface area is 195 Å². The zero-order chi connectivity index (χ0) is 23.2. The number of nitrogens with one attached hydrogen (secondary N) is 1. The summed E-state index contributed by atoms with van der Waals surface area (Å²) < 4.78 is 38.9. The minimum Gasteiger partial charge on any atom is -0.324 e. The van der Waals surface area contributed by atoms with Crippen molar-refractivity contribution >= 4 is 23.0 Å². The zero-order valence-electron chi connectivity index (χ0n) is 18.6. The topological polar surface area (TPSA) is 53.9 Å². The van der Waals surface area contributed by atoms with E-state index in [1.54, 1.807) is 11.3 Å². The van der Waals surface area contributed by atoms with Gasteiger partial charge in [-0.1, -0.05) is 6.07 Å². The Morgan fingerprint density at radius 3 is 2.52 bits per heavy atom. The minimum atomic E-state index is -4.51. The van der Waals surface area contributed by atoms with Gasteiger partial charge in [0.25, 0.3) is 0 Å². The van der Waals surface area contributed by atoms with Gasteiger partial charge in [0, 0.05) is 24.1 Å². The highest BCUT2D eigenvalue weighted by Crippen LogP contribution is 2.47. The van der Waals surface area contributed by atoms with Gasteiger partial charge in [0.2, 0.25) is 5.95 Å². The second-order valence-corrected chi connectivity index (χ2v) is 10.3. The zero-order valence-corrected chi connectivity index (χ0v) is 19.4. The number of rotatable bonds is 8. The van der Waals surface area contributed by atoms with Crippen LogP contribution in [0.5, 0.6) is 0 Å². The van der Waals surface area contributed by atoms with Crippen molar-refractivity contribution in [3.63, 3.8) is 0 Å². The molecule has 5 nitrogen and oxygen atoms in total. The number of thiazole rings is 1. The Hall–Kier alpha value is -2.52. The first-order chi connectivity index (χ1) is 15.8. The van der Waals surface area contributed by atoms with Crippen LogP contribution in [0.1, 0.15) is 41.9 Å². The van der Waals surface area contributed by atoms with Gasteiger partial charge in [-0.05, 0) is 80.8 Å². The third kappa shape index (κ3) is 5.35. The average Bonchev–Trinajstić information content (AvgIpc) is 3.68. The first kappa shape index (κ1) is 22.3. The van der Waals surface area contributed by atoms with Crippen LogP contribution in [0.4, 0.5) is 24.8 Å². The van der Waals surface area contributed by atoms with E-state index in [1.165, 1.54) is 25.7 Å². The van der Waals surface area contributed by atoms with Crippen LogP contribution >= 0.6 is 11.3 Å². The third-order valence-corrected chi connectivity index (χ3v) is 7.25. The normalized spacial score (nSPS) is 16.6. The number of aromatic nitrogens is 3. The molecule has 5 rings (SSSR count). The van der Waals surface area contributed by atoms with Crippen LogP contribution < -0.4 is 5.32 Å². The number of benzene rings is 1. The van der Waals surface area contributed by atoms with Gasteiger partial charge in [0.15, 0.2) is 0 Å². The van der Waals surface area contributed by atoms with E-state index in [0.717, 1.165) is 51.7 Å². The molecule has 0 saturated heterocycles. The van der Waals surface area contributed by atoms with Crippen LogP contribution in [0.2, 0.25) is 0 Å². The molecule has 0 spiro atoms. The lowest BCUT2D eigenvalue weighted by Gasteiger charge is -2.27. The van der Waals surface area contributed by atoms with Gasteiger partial charge < -0.3 is 5.32 Å². The maximum atomic E-state index is 13.0. The van der Waals surface area contributed by atoms with Crippen molar-refractivity contribution in [3.8, 4) is 10.4 Å². The molecular weight excluding hydrogens is 447 g/mol. The van der Waals surface area contributed by atoms with Crippen LogP contribution in [0.3, 0.4) is 0 Å². The fraction of sp³-hybridized carbons (Fsp3) is 0.458. The molecule has 1 aromatic carbocycles. The smallest absolute Gasteiger partial charge is 0.324 e. The summed E-state index contributed by atoms with van der Waals surface area (Å²) in [5.74, 6) is 1.62. The molecule has 0 amide bonds. The maximum Gasteiger partial charge on any atom is 0.433 e. The molecule has 2 aliphatic rings. The summed E-state index contributed by atoms with van der Waals surface area (Å²) in [6, 6.07) is 7.35. The van der Waals surface area contributed by atoms with Gasteiger partial charge in [-0.2, -0.15) is 13.2 Å².